The zero-order valence-corrected chi connectivity index (χ0v) is 5.90. The van der Waals surface area contributed by atoms with Crippen molar-refractivity contribution in [1.82, 2.24) is 4.40 Å². The Balaban J connectivity index is 2.86. The lowest BCUT2D eigenvalue weighted by molar-refractivity contribution is 0.112. The minimum Gasteiger partial charge on any atom is -0.323 e. The fourth-order valence-corrected chi connectivity index (χ4v) is 1.18. The highest BCUT2D eigenvalue weighted by Crippen LogP contribution is 2.08. The standard InChI is InChI=1S/C9H7NO/c11-7-8-4-6-10-5-2-1-3-9(8)10/h1-7H. The van der Waals surface area contributed by atoms with E-state index >= 15 is 0 Å². The topological polar surface area (TPSA) is 21.5 Å². The van der Waals surface area contributed by atoms with Crippen molar-refractivity contribution >= 4 is 11.8 Å². The molecular formula is C9H7NO. The number of carbonyl (C=O) groups is 1. The molecule has 0 fully saturated rings. The molecule has 2 heteroatoms. The van der Waals surface area contributed by atoms with Gasteiger partial charge in [-0.25, -0.2) is 0 Å². The van der Waals surface area contributed by atoms with Crippen molar-refractivity contribution in [3.63, 3.8) is 0 Å². The van der Waals surface area contributed by atoms with Crippen LogP contribution in [0.5, 0.6) is 0 Å². The molecule has 0 bridgehead atoms. The van der Waals surface area contributed by atoms with Crippen LogP contribution in [0.2, 0.25) is 0 Å². The number of hydrogen-bond donors (Lipinski definition) is 0. The van der Waals surface area contributed by atoms with Crippen LogP contribution in [0.25, 0.3) is 5.52 Å². The molecule has 11 heavy (non-hydrogen) atoms. The number of carbonyl (C=O) groups excluding carboxylic acids is 1. The smallest absolute Gasteiger partial charge is 0.152 e. The molecule has 0 N–H and O–H groups in total. The van der Waals surface area contributed by atoms with Crippen LogP contribution >= 0.6 is 0 Å². The maximum atomic E-state index is 10.5. The van der Waals surface area contributed by atoms with E-state index in [0.29, 0.717) is 0 Å². The molecular weight excluding hydrogens is 138 g/mol. The molecule has 2 aromatic rings. The van der Waals surface area contributed by atoms with E-state index in [1.165, 1.54) is 0 Å². The molecule has 0 amide bonds. The van der Waals surface area contributed by atoms with Crippen LogP contribution in [0, 0.1) is 0 Å². The molecule has 2 rings (SSSR count). The van der Waals surface area contributed by atoms with Crippen LogP contribution in [0.3, 0.4) is 0 Å². The first-order chi connectivity index (χ1) is 5.42. The summed E-state index contributed by atoms with van der Waals surface area (Å²) >= 11 is 0. The maximum absolute atomic E-state index is 10.5. The third-order valence-electron chi connectivity index (χ3n) is 1.73. The Labute approximate surface area is 64.1 Å². The highest BCUT2D eigenvalue weighted by Gasteiger charge is 1.97. The second-order valence-corrected chi connectivity index (χ2v) is 2.38. The van der Waals surface area contributed by atoms with Gasteiger partial charge in [-0.05, 0) is 18.2 Å². The molecule has 0 spiro atoms. The Morgan fingerprint density at radius 1 is 1.18 bits per heavy atom. The van der Waals surface area contributed by atoms with Gasteiger partial charge in [0.05, 0.1) is 5.52 Å². The first-order valence-corrected chi connectivity index (χ1v) is 3.43. The second-order valence-electron chi connectivity index (χ2n) is 2.38. The SMILES string of the molecule is O=Cc1ccn2ccccc12. The van der Waals surface area contributed by atoms with E-state index in [4.69, 9.17) is 0 Å². The van der Waals surface area contributed by atoms with Crippen molar-refractivity contribution < 1.29 is 4.79 Å². The van der Waals surface area contributed by atoms with Crippen LogP contribution in [-0.4, -0.2) is 10.7 Å². The number of hydrogen-bond acceptors (Lipinski definition) is 1. The van der Waals surface area contributed by atoms with Crippen molar-refractivity contribution in [3.8, 4) is 0 Å². The van der Waals surface area contributed by atoms with Gasteiger partial charge in [0.25, 0.3) is 0 Å². The molecule has 0 atom stereocenters. The molecule has 0 unspecified atom stereocenters. The van der Waals surface area contributed by atoms with Gasteiger partial charge in [-0.3, -0.25) is 4.79 Å². The van der Waals surface area contributed by atoms with Gasteiger partial charge in [0.2, 0.25) is 0 Å². The molecule has 2 aromatic heterocycles. The summed E-state index contributed by atoms with van der Waals surface area (Å²) < 4.78 is 1.92. The molecule has 0 radical (unpaired) electrons. The van der Waals surface area contributed by atoms with E-state index in [1.807, 2.05) is 41.1 Å². The van der Waals surface area contributed by atoms with Crippen LogP contribution in [0.1, 0.15) is 10.4 Å². The normalized spacial score (nSPS) is 10.2. The van der Waals surface area contributed by atoms with Crippen molar-refractivity contribution in [1.29, 1.82) is 0 Å². The van der Waals surface area contributed by atoms with Crippen LogP contribution in [0.15, 0.2) is 36.7 Å². The summed E-state index contributed by atoms with van der Waals surface area (Å²) in [7, 11) is 0. The monoisotopic (exact) mass is 145 g/mol. The Morgan fingerprint density at radius 3 is 2.91 bits per heavy atom. The number of nitrogens with zero attached hydrogens (tertiary/aromatic N) is 1. The number of pyridine rings is 1. The lowest BCUT2D eigenvalue weighted by atomic mass is 10.3. The summed E-state index contributed by atoms with van der Waals surface area (Å²) in [4.78, 5) is 10.5. The van der Waals surface area contributed by atoms with Gasteiger partial charge in [0, 0.05) is 18.0 Å². The summed E-state index contributed by atoms with van der Waals surface area (Å²) in [6.07, 6.45) is 4.66. The second kappa shape index (κ2) is 2.23. The van der Waals surface area contributed by atoms with E-state index in [0.717, 1.165) is 17.4 Å². The predicted molar refractivity (Wildman–Crippen MR) is 42.8 cm³/mol. The first-order valence-electron chi connectivity index (χ1n) is 3.43. The fraction of sp³-hybridized carbons (Fsp3) is 0. The number of fused-ring (bicyclic) bond motifs is 1. The summed E-state index contributed by atoms with van der Waals surface area (Å²) in [5, 5.41) is 0. The van der Waals surface area contributed by atoms with Crippen LogP contribution < -0.4 is 0 Å². The van der Waals surface area contributed by atoms with Gasteiger partial charge in [-0.2, -0.15) is 0 Å². The van der Waals surface area contributed by atoms with Gasteiger partial charge < -0.3 is 4.40 Å². The summed E-state index contributed by atoms with van der Waals surface area (Å²) in [6.45, 7) is 0. The zero-order chi connectivity index (χ0) is 7.68. The van der Waals surface area contributed by atoms with Crippen molar-refractivity contribution in [2.45, 2.75) is 0 Å². The van der Waals surface area contributed by atoms with Gasteiger partial charge >= 0.3 is 0 Å². The largest absolute Gasteiger partial charge is 0.323 e. The Bertz CT molecular complexity index is 389. The predicted octanol–water partition coefficient (Wildman–Crippen LogP) is 1.75. The highest BCUT2D eigenvalue weighted by molar-refractivity contribution is 5.86. The van der Waals surface area contributed by atoms with Gasteiger partial charge in [-0.15, -0.1) is 0 Å². The number of aldehydes is 1. The van der Waals surface area contributed by atoms with E-state index in [1.54, 1.807) is 0 Å². The molecule has 2 heterocycles. The number of rotatable bonds is 1. The van der Waals surface area contributed by atoms with E-state index < -0.39 is 0 Å². The lowest BCUT2D eigenvalue weighted by Gasteiger charge is -1.91. The van der Waals surface area contributed by atoms with Gasteiger partial charge in [0.1, 0.15) is 0 Å². The molecule has 54 valence electrons. The average Bonchev–Trinajstić information content (AvgIpc) is 2.47. The molecule has 0 aliphatic heterocycles. The number of aromatic nitrogens is 1. The molecule has 0 saturated heterocycles. The zero-order valence-electron chi connectivity index (χ0n) is 5.90. The Kier molecular flexibility index (Phi) is 1.25. The summed E-state index contributed by atoms with van der Waals surface area (Å²) in [6, 6.07) is 7.58. The van der Waals surface area contributed by atoms with Crippen molar-refractivity contribution in [3.05, 3.63) is 42.2 Å². The van der Waals surface area contributed by atoms with E-state index in [-0.39, 0.29) is 0 Å². The maximum Gasteiger partial charge on any atom is 0.152 e. The lowest BCUT2D eigenvalue weighted by Crippen LogP contribution is -1.80. The molecule has 0 aliphatic carbocycles. The fourth-order valence-electron chi connectivity index (χ4n) is 1.18. The van der Waals surface area contributed by atoms with Gasteiger partial charge in [-0.1, -0.05) is 6.07 Å². The molecule has 0 saturated carbocycles. The highest BCUT2D eigenvalue weighted by atomic mass is 16.1. The van der Waals surface area contributed by atoms with Crippen LogP contribution in [0.4, 0.5) is 0 Å². The van der Waals surface area contributed by atoms with E-state index in [9.17, 15) is 4.79 Å². The quantitative estimate of drug-likeness (QED) is 0.560. The Hall–Kier alpha value is -1.57. The van der Waals surface area contributed by atoms with E-state index in [2.05, 4.69) is 0 Å². The van der Waals surface area contributed by atoms with Gasteiger partial charge in [0.15, 0.2) is 6.29 Å². The molecule has 0 aromatic carbocycles. The Morgan fingerprint density at radius 2 is 2.09 bits per heavy atom. The van der Waals surface area contributed by atoms with Crippen molar-refractivity contribution in [2.75, 3.05) is 0 Å². The summed E-state index contributed by atoms with van der Waals surface area (Å²) in [5.41, 5.74) is 1.70. The first kappa shape index (κ1) is 6.16. The third-order valence-corrected chi connectivity index (χ3v) is 1.73. The minimum absolute atomic E-state index is 0.741. The third kappa shape index (κ3) is 0.835. The summed E-state index contributed by atoms with van der Waals surface area (Å²) in [5.74, 6) is 0. The molecule has 0 aliphatic rings. The average molecular weight is 145 g/mol. The van der Waals surface area contributed by atoms with Crippen molar-refractivity contribution in [2.24, 2.45) is 0 Å². The minimum atomic E-state index is 0.741. The molecule has 2 nitrogen and oxygen atoms in total. The van der Waals surface area contributed by atoms with Crippen LogP contribution in [-0.2, 0) is 0 Å².